The average molecular weight is 407 g/mol. The molecule has 0 aromatic heterocycles. The van der Waals surface area contributed by atoms with E-state index in [4.69, 9.17) is 18.9 Å². The number of methoxy groups -OCH3 is 1. The van der Waals surface area contributed by atoms with Crippen molar-refractivity contribution in [1.82, 2.24) is 0 Å². The topological polar surface area (TPSA) is 36.9 Å². The molecule has 1 saturated heterocycles. The maximum atomic E-state index is 5.79. The van der Waals surface area contributed by atoms with Crippen molar-refractivity contribution in [3.05, 3.63) is 29.3 Å². The molecule has 1 unspecified atom stereocenters. The summed E-state index contributed by atoms with van der Waals surface area (Å²) in [6, 6.07) is 6.41. The van der Waals surface area contributed by atoms with Gasteiger partial charge < -0.3 is 18.9 Å². The molecule has 0 bridgehead atoms. The first-order valence-electron chi connectivity index (χ1n) is 11.7. The van der Waals surface area contributed by atoms with Gasteiger partial charge in [-0.25, -0.2) is 0 Å². The summed E-state index contributed by atoms with van der Waals surface area (Å²) in [5, 5.41) is 0. The Balaban J connectivity index is 1.41. The van der Waals surface area contributed by atoms with Gasteiger partial charge in [0.25, 0.3) is 0 Å². The first-order chi connectivity index (χ1) is 14.3. The third-order valence-corrected chi connectivity index (χ3v) is 5.65. The third-order valence-electron chi connectivity index (χ3n) is 5.65. The van der Waals surface area contributed by atoms with E-state index < -0.39 is 0 Å². The minimum absolute atomic E-state index is 0.0752. The molecule has 29 heavy (non-hydrogen) atoms. The van der Waals surface area contributed by atoms with Gasteiger partial charge in [-0.3, -0.25) is 0 Å². The predicted octanol–water partition coefficient (Wildman–Crippen LogP) is 6.57. The minimum Gasteiger partial charge on any atom is -0.467 e. The lowest BCUT2D eigenvalue weighted by Gasteiger charge is -2.22. The van der Waals surface area contributed by atoms with Crippen LogP contribution < -0.4 is 4.74 Å². The van der Waals surface area contributed by atoms with Crippen LogP contribution in [0.5, 0.6) is 5.75 Å². The molecule has 1 fully saturated rings. The highest BCUT2D eigenvalue weighted by atomic mass is 16.7. The molecular formula is C25H42O4. The fraction of sp³-hybridized carbons (Fsp3) is 0.760. The summed E-state index contributed by atoms with van der Waals surface area (Å²) < 4.78 is 22.2. The van der Waals surface area contributed by atoms with E-state index in [-0.39, 0.29) is 6.29 Å². The molecule has 4 nitrogen and oxygen atoms in total. The second-order valence-electron chi connectivity index (χ2n) is 8.21. The van der Waals surface area contributed by atoms with Crippen molar-refractivity contribution >= 4 is 0 Å². The first kappa shape index (κ1) is 24.2. The molecule has 0 aliphatic carbocycles. The highest BCUT2D eigenvalue weighted by molar-refractivity contribution is 5.40. The quantitative estimate of drug-likeness (QED) is 0.230. The van der Waals surface area contributed by atoms with Gasteiger partial charge in [-0.05, 0) is 56.6 Å². The fourth-order valence-electron chi connectivity index (χ4n) is 3.95. The molecule has 0 amide bonds. The van der Waals surface area contributed by atoms with Crippen molar-refractivity contribution in [2.24, 2.45) is 0 Å². The number of hydrogen-bond donors (Lipinski definition) is 0. The number of aryl methyl sites for hydroxylation is 2. The molecule has 1 aromatic rings. The molecule has 1 atom stereocenters. The van der Waals surface area contributed by atoms with Crippen molar-refractivity contribution in [3.8, 4) is 5.75 Å². The first-order valence-corrected chi connectivity index (χ1v) is 11.7. The molecule has 0 N–H and O–H groups in total. The number of benzene rings is 1. The van der Waals surface area contributed by atoms with Gasteiger partial charge in [0.05, 0.1) is 0 Å². The molecule has 4 heteroatoms. The normalized spacial score (nSPS) is 16.8. The summed E-state index contributed by atoms with van der Waals surface area (Å²) in [7, 11) is 1.66. The second-order valence-corrected chi connectivity index (χ2v) is 8.21. The van der Waals surface area contributed by atoms with E-state index in [1.807, 2.05) is 0 Å². The zero-order chi connectivity index (χ0) is 20.6. The van der Waals surface area contributed by atoms with E-state index in [1.165, 1.54) is 81.8 Å². The largest absolute Gasteiger partial charge is 0.467 e. The Hall–Kier alpha value is -1.10. The number of ether oxygens (including phenoxy) is 4. The van der Waals surface area contributed by atoms with Crippen molar-refractivity contribution in [1.29, 1.82) is 0 Å². The Bertz CT molecular complexity index is 526. The number of unbranched alkanes of at least 4 members (excludes halogenated alkanes) is 8. The molecule has 2 rings (SSSR count). The van der Waals surface area contributed by atoms with Crippen LogP contribution >= 0.6 is 0 Å². The Morgan fingerprint density at radius 2 is 1.66 bits per heavy atom. The van der Waals surface area contributed by atoms with Gasteiger partial charge in [-0.2, -0.15) is 0 Å². The summed E-state index contributed by atoms with van der Waals surface area (Å²) in [6.45, 7) is 4.15. The number of rotatable bonds is 16. The second kappa shape index (κ2) is 15.7. The predicted molar refractivity (Wildman–Crippen MR) is 118 cm³/mol. The molecule has 0 saturated carbocycles. The minimum atomic E-state index is 0.0752. The number of hydrogen-bond acceptors (Lipinski definition) is 4. The van der Waals surface area contributed by atoms with Crippen molar-refractivity contribution in [2.75, 3.05) is 27.1 Å². The van der Waals surface area contributed by atoms with Crippen molar-refractivity contribution in [2.45, 2.75) is 96.7 Å². The molecule has 1 aromatic carbocycles. The Kier molecular flexibility index (Phi) is 13.1. The van der Waals surface area contributed by atoms with E-state index in [0.29, 0.717) is 6.79 Å². The standard InChI is InChI=1S/C25H42O4/c1-22-15-14-17-23(25(22)29-21-26-2)16-10-8-6-4-3-5-7-9-12-19-27-24-18-11-13-20-28-24/h14-15,17,24H,3-13,16,18-21H2,1-2H3. The molecule has 1 aliphatic heterocycles. The van der Waals surface area contributed by atoms with E-state index in [2.05, 4.69) is 25.1 Å². The van der Waals surface area contributed by atoms with Crippen LogP contribution in [0.25, 0.3) is 0 Å². The lowest BCUT2D eigenvalue weighted by Crippen LogP contribution is -2.22. The molecular weight excluding hydrogens is 364 g/mol. The van der Waals surface area contributed by atoms with Crippen LogP contribution in [0.2, 0.25) is 0 Å². The van der Waals surface area contributed by atoms with E-state index in [0.717, 1.165) is 31.8 Å². The summed E-state index contributed by atoms with van der Waals surface area (Å²) in [5.41, 5.74) is 2.50. The van der Waals surface area contributed by atoms with Crippen LogP contribution in [0.1, 0.15) is 88.2 Å². The summed E-state index contributed by atoms with van der Waals surface area (Å²) in [6.07, 6.45) is 16.4. The molecule has 166 valence electrons. The van der Waals surface area contributed by atoms with Crippen LogP contribution in [-0.4, -0.2) is 33.4 Å². The average Bonchev–Trinajstić information content (AvgIpc) is 2.74. The Labute approximate surface area is 178 Å². The highest BCUT2D eigenvalue weighted by Crippen LogP contribution is 2.25. The third kappa shape index (κ3) is 10.5. The van der Waals surface area contributed by atoms with Gasteiger partial charge >= 0.3 is 0 Å². The Morgan fingerprint density at radius 1 is 0.931 bits per heavy atom. The molecule has 0 spiro atoms. The molecule has 1 heterocycles. The van der Waals surface area contributed by atoms with E-state index in [1.54, 1.807) is 7.11 Å². The lowest BCUT2D eigenvalue weighted by molar-refractivity contribution is -0.162. The zero-order valence-electron chi connectivity index (χ0n) is 18.8. The van der Waals surface area contributed by atoms with Crippen LogP contribution in [0, 0.1) is 6.92 Å². The maximum Gasteiger partial charge on any atom is 0.188 e. The summed E-state index contributed by atoms with van der Waals surface area (Å²) >= 11 is 0. The van der Waals surface area contributed by atoms with Gasteiger partial charge in [0.1, 0.15) is 5.75 Å². The van der Waals surface area contributed by atoms with Crippen molar-refractivity contribution in [3.63, 3.8) is 0 Å². The van der Waals surface area contributed by atoms with E-state index in [9.17, 15) is 0 Å². The van der Waals surface area contributed by atoms with E-state index >= 15 is 0 Å². The van der Waals surface area contributed by atoms with Gasteiger partial charge in [0, 0.05) is 20.3 Å². The van der Waals surface area contributed by atoms with Crippen LogP contribution in [-0.2, 0) is 20.6 Å². The van der Waals surface area contributed by atoms with Gasteiger partial charge in [0.2, 0.25) is 0 Å². The van der Waals surface area contributed by atoms with Crippen molar-refractivity contribution < 1.29 is 18.9 Å². The van der Waals surface area contributed by atoms with Crippen LogP contribution in [0.15, 0.2) is 18.2 Å². The zero-order valence-corrected chi connectivity index (χ0v) is 18.8. The molecule has 0 radical (unpaired) electrons. The Morgan fingerprint density at radius 3 is 2.34 bits per heavy atom. The number of para-hydroxylation sites is 1. The molecule has 1 aliphatic rings. The van der Waals surface area contributed by atoms with Crippen LogP contribution in [0.3, 0.4) is 0 Å². The maximum absolute atomic E-state index is 5.79. The SMILES string of the molecule is COCOc1c(C)cccc1CCCCCCCCCCCOC1CCCCO1. The lowest BCUT2D eigenvalue weighted by atomic mass is 10.0. The monoisotopic (exact) mass is 406 g/mol. The van der Waals surface area contributed by atoms with Gasteiger partial charge in [-0.1, -0.05) is 63.1 Å². The summed E-state index contributed by atoms with van der Waals surface area (Å²) in [4.78, 5) is 0. The van der Waals surface area contributed by atoms with Gasteiger partial charge in [0.15, 0.2) is 13.1 Å². The highest BCUT2D eigenvalue weighted by Gasteiger charge is 2.13. The van der Waals surface area contributed by atoms with Gasteiger partial charge in [-0.15, -0.1) is 0 Å². The fourth-order valence-corrected chi connectivity index (χ4v) is 3.95. The van der Waals surface area contributed by atoms with Crippen LogP contribution in [0.4, 0.5) is 0 Å². The summed E-state index contributed by atoms with van der Waals surface area (Å²) in [5.74, 6) is 1.01. The smallest absolute Gasteiger partial charge is 0.188 e.